The SMILES string of the molecule is C[C@H](NC(=O)OC[n+]1cccc(C(=O)NCCON(O)I=O)c1)C1CCCCC1. The molecule has 0 bridgehead atoms. The van der Waals surface area contributed by atoms with Gasteiger partial charge in [0, 0.05) is 22.1 Å². The van der Waals surface area contributed by atoms with Gasteiger partial charge in [0.2, 0.25) is 0 Å². The molecular formula is C18H28IN4O6+. The molecule has 0 spiro atoms. The quantitative estimate of drug-likeness (QED) is 0.141. The minimum Gasteiger partial charge on any atom is -0.388 e. The van der Waals surface area contributed by atoms with Gasteiger partial charge in [0.15, 0.2) is 12.4 Å². The Morgan fingerprint density at radius 1 is 1.38 bits per heavy atom. The number of pyridine rings is 1. The van der Waals surface area contributed by atoms with Gasteiger partial charge in [-0.25, -0.2) is 7.86 Å². The predicted molar refractivity (Wildman–Crippen MR) is 109 cm³/mol. The first-order valence-corrected chi connectivity index (χ1v) is 11.4. The number of hydrogen-bond donors (Lipinski definition) is 3. The van der Waals surface area contributed by atoms with Crippen LogP contribution in [0.3, 0.4) is 0 Å². The summed E-state index contributed by atoms with van der Waals surface area (Å²) in [5, 5.41) is 14.4. The average Bonchev–Trinajstić information content (AvgIpc) is 2.75. The fraction of sp³-hybridized carbons (Fsp3) is 0.611. The van der Waals surface area contributed by atoms with Crippen LogP contribution < -0.4 is 15.2 Å². The third kappa shape index (κ3) is 8.68. The van der Waals surface area contributed by atoms with Gasteiger partial charge in [-0.1, -0.05) is 19.3 Å². The summed E-state index contributed by atoms with van der Waals surface area (Å²) >= 11 is -1.80. The van der Waals surface area contributed by atoms with E-state index < -0.39 is 27.6 Å². The van der Waals surface area contributed by atoms with Gasteiger partial charge in [-0.05, 0) is 31.7 Å². The zero-order chi connectivity index (χ0) is 21.1. The van der Waals surface area contributed by atoms with E-state index >= 15 is 0 Å². The first kappa shape index (κ1) is 23.6. The molecule has 1 heterocycles. The van der Waals surface area contributed by atoms with E-state index in [0.717, 1.165) is 12.8 Å². The van der Waals surface area contributed by atoms with Crippen molar-refractivity contribution in [1.82, 2.24) is 14.1 Å². The molecule has 0 radical (unpaired) electrons. The molecule has 29 heavy (non-hydrogen) atoms. The number of alkyl carbamates (subject to hydrolysis) is 1. The van der Waals surface area contributed by atoms with Gasteiger partial charge in [-0.3, -0.25) is 14.8 Å². The van der Waals surface area contributed by atoms with Crippen molar-refractivity contribution in [2.75, 3.05) is 13.2 Å². The average molecular weight is 523 g/mol. The topological polar surface area (TPSA) is 121 Å². The number of amides is 2. The largest absolute Gasteiger partial charge is 0.412 e. The second-order valence-corrected chi connectivity index (χ2v) is 8.10. The van der Waals surface area contributed by atoms with E-state index in [1.807, 2.05) is 6.92 Å². The normalized spacial score (nSPS) is 15.7. The molecule has 2 rings (SSSR count). The number of halogens is 1. The second kappa shape index (κ2) is 12.8. The maximum absolute atomic E-state index is 12.1. The van der Waals surface area contributed by atoms with Crippen molar-refractivity contribution >= 4 is 33.5 Å². The van der Waals surface area contributed by atoms with E-state index in [4.69, 9.17) is 9.94 Å². The molecule has 0 aliphatic heterocycles. The second-order valence-electron chi connectivity index (χ2n) is 6.88. The number of hydrogen-bond acceptors (Lipinski definition) is 6. The molecule has 162 valence electrons. The first-order chi connectivity index (χ1) is 14.0. The molecule has 1 atom stereocenters. The monoisotopic (exact) mass is 523 g/mol. The Morgan fingerprint density at radius 2 is 2.14 bits per heavy atom. The van der Waals surface area contributed by atoms with Crippen LogP contribution in [0.1, 0.15) is 49.4 Å². The fourth-order valence-electron chi connectivity index (χ4n) is 3.26. The van der Waals surface area contributed by atoms with Crippen molar-refractivity contribution in [2.45, 2.75) is 51.8 Å². The van der Waals surface area contributed by atoms with Crippen molar-refractivity contribution < 1.29 is 32.0 Å². The molecule has 11 heteroatoms. The first-order valence-electron chi connectivity index (χ1n) is 9.59. The summed E-state index contributed by atoms with van der Waals surface area (Å²) in [6.45, 7) is 2.11. The van der Waals surface area contributed by atoms with Crippen LogP contribution in [0.2, 0.25) is 0 Å². The van der Waals surface area contributed by atoms with Crippen LogP contribution >= 0.6 is 21.5 Å². The zero-order valence-corrected chi connectivity index (χ0v) is 18.5. The van der Waals surface area contributed by atoms with Gasteiger partial charge in [-0.2, -0.15) is 4.57 Å². The van der Waals surface area contributed by atoms with Crippen LogP contribution in [-0.4, -0.2) is 39.8 Å². The van der Waals surface area contributed by atoms with Crippen molar-refractivity contribution in [3.05, 3.63) is 30.1 Å². The molecule has 0 aromatic carbocycles. The summed E-state index contributed by atoms with van der Waals surface area (Å²) in [6, 6.07) is 3.37. The van der Waals surface area contributed by atoms with E-state index in [2.05, 4.69) is 15.5 Å². The lowest BCUT2D eigenvalue weighted by Crippen LogP contribution is -2.43. The van der Waals surface area contributed by atoms with Gasteiger partial charge in [0.1, 0.15) is 5.56 Å². The van der Waals surface area contributed by atoms with E-state index in [9.17, 15) is 12.7 Å². The van der Waals surface area contributed by atoms with Crippen molar-refractivity contribution in [2.24, 2.45) is 5.92 Å². The molecule has 1 fully saturated rings. The Morgan fingerprint density at radius 3 is 2.86 bits per heavy atom. The lowest BCUT2D eigenvalue weighted by atomic mass is 9.85. The molecule has 0 saturated heterocycles. The molecule has 1 aromatic heterocycles. The number of nitrogens with one attached hydrogen (secondary N) is 2. The minimum absolute atomic E-state index is 0.0138. The highest BCUT2D eigenvalue weighted by Crippen LogP contribution is 2.26. The maximum Gasteiger partial charge on any atom is 0.412 e. The molecule has 2 amide bonds. The predicted octanol–water partition coefficient (Wildman–Crippen LogP) is 2.21. The molecule has 1 aromatic rings. The number of carbonyl (C=O) groups excluding carboxylic acids is 2. The van der Waals surface area contributed by atoms with Gasteiger partial charge < -0.3 is 15.4 Å². The Bertz CT molecular complexity index is 686. The smallest absolute Gasteiger partial charge is 0.388 e. The number of nitrogens with zero attached hydrogens (tertiary/aromatic N) is 2. The Labute approximate surface area is 180 Å². The summed E-state index contributed by atoms with van der Waals surface area (Å²) < 4.78 is 17.5. The third-order valence-electron chi connectivity index (χ3n) is 4.81. The fourth-order valence-corrected chi connectivity index (χ4v) is 3.57. The summed E-state index contributed by atoms with van der Waals surface area (Å²) in [7, 11) is 0. The van der Waals surface area contributed by atoms with Crippen molar-refractivity contribution in [3.63, 3.8) is 0 Å². The lowest BCUT2D eigenvalue weighted by Gasteiger charge is -2.27. The molecule has 10 nitrogen and oxygen atoms in total. The van der Waals surface area contributed by atoms with Gasteiger partial charge >= 0.3 is 6.09 Å². The van der Waals surface area contributed by atoms with Gasteiger partial charge in [0.25, 0.3) is 34.1 Å². The summed E-state index contributed by atoms with van der Waals surface area (Å²) in [5.74, 6) is 0.146. The summed E-state index contributed by atoms with van der Waals surface area (Å²) in [6.07, 6.45) is 8.73. The summed E-state index contributed by atoms with van der Waals surface area (Å²) in [5.41, 5.74) is 0.379. The molecule has 0 unspecified atom stereocenters. The van der Waals surface area contributed by atoms with E-state index in [1.165, 1.54) is 19.3 Å². The standard InChI is InChI=1S/C18H27IN4O6/c1-14(15-6-3-2-4-7-15)21-18(25)28-13-22-10-5-8-16(12-22)17(24)20-9-11-29-23(27)19-26/h5,8,10,12,14-15,27H,2-4,6-7,9,11,13H2,1H3,(H-,20,21,24,25)/p+1/t14-/m0/s1. The van der Waals surface area contributed by atoms with Crippen LogP contribution in [0.5, 0.6) is 0 Å². The van der Waals surface area contributed by atoms with E-state index in [1.54, 1.807) is 29.1 Å². The van der Waals surface area contributed by atoms with Crippen molar-refractivity contribution in [3.8, 4) is 0 Å². The summed E-state index contributed by atoms with van der Waals surface area (Å²) in [4.78, 5) is 28.9. The van der Waals surface area contributed by atoms with Gasteiger partial charge in [-0.15, -0.1) is 0 Å². The molecule has 1 saturated carbocycles. The molecule has 1 aliphatic rings. The number of ether oxygens (including phenoxy) is 1. The van der Waals surface area contributed by atoms with Crippen molar-refractivity contribution in [1.29, 1.82) is 0 Å². The number of rotatable bonds is 10. The van der Waals surface area contributed by atoms with Gasteiger partial charge in [0.05, 0.1) is 6.61 Å². The number of carbonyl (C=O) groups is 2. The maximum atomic E-state index is 12.1. The molecular weight excluding hydrogens is 495 g/mol. The Balaban J connectivity index is 1.74. The highest BCUT2D eigenvalue weighted by atomic mass is 127. The Kier molecular flexibility index (Phi) is 10.4. The van der Waals surface area contributed by atoms with Crippen LogP contribution in [0.4, 0.5) is 4.79 Å². The zero-order valence-electron chi connectivity index (χ0n) is 16.4. The highest BCUT2D eigenvalue weighted by Gasteiger charge is 2.22. The van der Waals surface area contributed by atoms with Crippen LogP contribution in [0, 0.1) is 5.92 Å². The lowest BCUT2D eigenvalue weighted by molar-refractivity contribution is -0.727. The van der Waals surface area contributed by atoms with E-state index in [-0.39, 0.29) is 35.3 Å². The number of aromatic nitrogens is 1. The molecule has 3 N–H and O–H groups in total. The minimum atomic E-state index is -1.80. The van der Waals surface area contributed by atoms with E-state index in [0.29, 0.717) is 11.5 Å². The Hall–Kier alpha value is -1.70. The van der Waals surface area contributed by atoms with Crippen LogP contribution in [0.15, 0.2) is 24.5 Å². The third-order valence-corrected chi connectivity index (χ3v) is 5.43. The highest BCUT2D eigenvalue weighted by molar-refractivity contribution is 14.1. The molecule has 1 aliphatic carbocycles. The van der Waals surface area contributed by atoms with Crippen LogP contribution in [0.25, 0.3) is 0 Å². The van der Waals surface area contributed by atoms with Crippen LogP contribution in [-0.2, 0) is 19.4 Å².